The van der Waals surface area contributed by atoms with Crippen molar-refractivity contribution in [2.75, 3.05) is 0 Å². The summed E-state index contributed by atoms with van der Waals surface area (Å²) >= 11 is 0. The Hall–Kier alpha value is -0.520. The topological polar surface area (TPSA) is 0 Å². The third kappa shape index (κ3) is 0.708. The Kier molecular flexibility index (Phi) is 1.30. The molecule has 0 saturated heterocycles. The van der Waals surface area contributed by atoms with Crippen LogP contribution in [0.15, 0.2) is 22.3 Å². The molecule has 4 spiro atoms. The molecule has 15 rings (SSSR count). The lowest BCUT2D eigenvalue weighted by atomic mass is 9.70. The zero-order valence-corrected chi connectivity index (χ0v) is 15.7. The van der Waals surface area contributed by atoms with Crippen LogP contribution in [0.4, 0.5) is 0 Å². The van der Waals surface area contributed by atoms with E-state index in [0.29, 0.717) is 0 Å². The van der Waals surface area contributed by atoms with Crippen LogP contribution in [-0.4, -0.2) is 0 Å². The summed E-state index contributed by atoms with van der Waals surface area (Å²) < 4.78 is 0. The third-order valence-electron chi connectivity index (χ3n) is 13.9. The van der Waals surface area contributed by atoms with Crippen molar-refractivity contribution < 1.29 is 0 Å². The van der Waals surface area contributed by atoms with Gasteiger partial charge in [-0.25, -0.2) is 0 Å². The molecule has 15 aliphatic rings. The highest BCUT2D eigenvalue weighted by Crippen LogP contribution is 3.01. The standard InChI is InChI=1S/C26H28/c1-11-2-15(1)23-9-24(23)16-5-13(6-16)21(24)22-14-7-18(8-14)26(22)10-25(26)17-3-12(4-17)20(25)19(11)23/h11-18H,1-10H2/b20-19-,22-21-. The van der Waals surface area contributed by atoms with E-state index in [9.17, 15) is 0 Å². The van der Waals surface area contributed by atoms with Crippen LogP contribution in [0.5, 0.6) is 0 Å². The Morgan fingerprint density at radius 1 is 0.385 bits per heavy atom. The van der Waals surface area contributed by atoms with Crippen molar-refractivity contribution in [3.05, 3.63) is 22.3 Å². The van der Waals surface area contributed by atoms with Crippen molar-refractivity contribution in [3.63, 3.8) is 0 Å². The minimum Gasteiger partial charge on any atom is -0.0596 e. The van der Waals surface area contributed by atoms with Gasteiger partial charge < -0.3 is 0 Å². The molecule has 14 fully saturated rings. The van der Waals surface area contributed by atoms with Gasteiger partial charge in [-0.2, -0.15) is 0 Å². The van der Waals surface area contributed by atoms with E-state index < -0.39 is 0 Å². The maximum absolute atomic E-state index is 2.23. The van der Waals surface area contributed by atoms with E-state index in [0.717, 1.165) is 69.0 Å². The molecule has 0 heterocycles. The maximum atomic E-state index is 2.23. The fraction of sp³-hybridized carbons (Fsp3) is 0.846. The largest absolute Gasteiger partial charge is 0.0596 e. The van der Waals surface area contributed by atoms with Gasteiger partial charge in [0.2, 0.25) is 0 Å². The van der Waals surface area contributed by atoms with Gasteiger partial charge in [0.15, 0.2) is 0 Å². The van der Waals surface area contributed by atoms with E-state index in [1.54, 1.807) is 64.2 Å². The summed E-state index contributed by atoms with van der Waals surface area (Å²) in [4.78, 5) is 0. The van der Waals surface area contributed by atoms with Crippen molar-refractivity contribution in [1.29, 1.82) is 0 Å². The Morgan fingerprint density at radius 3 is 0.846 bits per heavy atom. The van der Waals surface area contributed by atoms with Crippen LogP contribution in [0.3, 0.4) is 0 Å². The van der Waals surface area contributed by atoms with E-state index in [2.05, 4.69) is 22.3 Å². The lowest BCUT2D eigenvalue weighted by Gasteiger charge is -2.33. The predicted molar refractivity (Wildman–Crippen MR) is 97.9 cm³/mol. The molecule has 0 aromatic carbocycles. The highest BCUT2D eigenvalue weighted by Gasteiger charge is 2.93. The van der Waals surface area contributed by atoms with E-state index in [1.807, 2.05) is 0 Å². The van der Waals surface area contributed by atoms with E-state index in [-0.39, 0.29) is 0 Å². The van der Waals surface area contributed by atoms with Crippen molar-refractivity contribution in [3.8, 4) is 0 Å². The molecule has 4 atom stereocenters. The van der Waals surface area contributed by atoms with Gasteiger partial charge in [0.1, 0.15) is 0 Å². The molecule has 4 unspecified atom stereocenters. The zero-order valence-electron chi connectivity index (χ0n) is 15.7. The average molecular weight is 341 g/mol. The molecule has 0 heteroatoms. The predicted octanol–water partition coefficient (Wildman–Crippen LogP) is 5.51. The van der Waals surface area contributed by atoms with Gasteiger partial charge in [-0.3, -0.25) is 0 Å². The minimum absolute atomic E-state index is 0.775. The minimum atomic E-state index is 0.775. The monoisotopic (exact) mass is 340 g/mol. The Labute approximate surface area is 155 Å². The molecule has 0 aromatic heterocycles. The number of hydrogen-bond donors (Lipinski definition) is 0. The summed E-state index contributed by atoms with van der Waals surface area (Å²) in [6, 6.07) is 0. The van der Waals surface area contributed by atoms with Gasteiger partial charge in [0.05, 0.1) is 0 Å². The van der Waals surface area contributed by atoms with Crippen molar-refractivity contribution in [1.82, 2.24) is 0 Å². The van der Waals surface area contributed by atoms with E-state index >= 15 is 0 Å². The normalized spacial score (nSPS) is 83.1. The van der Waals surface area contributed by atoms with Gasteiger partial charge in [-0.05, 0) is 112 Å². The first-order valence-corrected chi connectivity index (χ1v) is 12.3. The highest BCUT2D eigenvalue weighted by molar-refractivity contribution is 5.68. The molecule has 0 aliphatic heterocycles. The molecule has 0 nitrogen and oxygen atoms in total. The summed E-state index contributed by atoms with van der Waals surface area (Å²) in [5.41, 5.74) is 12.0. The second kappa shape index (κ2) is 2.80. The molecular formula is C26H28. The van der Waals surface area contributed by atoms with Crippen LogP contribution in [0.2, 0.25) is 0 Å². The van der Waals surface area contributed by atoms with Crippen LogP contribution in [-0.2, 0) is 0 Å². The van der Waals surface area contributed by atoms with Crippen LogP contribution in [0, 0.1) is 69.0 Å². The fourth-order valence-electron chi connectivity index (χ4n) is 13.4. The van der Waals surface area contributed by atoms with Gasteiger partial charge in [0.25, 0.3) is 0 Å². The molecule has 26 heavy (non-hydrogen) atoms. The van der Waals surface area contributed by atoms with Crippen LogP contribution in [0.1, 0.15) is 64.2 Å². The quantitative estimate of drug-likeness (QED) is 0.510. The van der Waals surface area contributed by atoms with Gasteiger partial charge in [0, 0.05) is 21.7 Å². The van der Waals surface area contributed by atoms with Gasteiger partial charge in [-0.15, -0.1) is 0 Å². The van der Waals surface area contributed by atoms with Gasteiger partial charge >= 0.3 is 0 Å². The molecule has 0 amide bonds. The maximum Gasteiger partial charge on any atom is 0.00518 e. The van der Waals surface area contributed by atoms with Crippen molar-refractivity contribution in [2.45, 2.75) is 64.2 Å². The summed E-state index contributed by atoms with van der Waals surface area (Å²) in [7, 11) is 0. The first kappa shape index (κ1) is 12.1. The number of hydrogen-bond acceptors (Lipinski definition) is 0. The van der Waals surface area contributed by atoms with E-state index in [1.165, 1.54) is 0 Å². The first-order valence-electron chi connectivity index (χ1n) is 12.3. The molecule has 15 aliphatic carbocycles. The summed E-state index contributed by atoms with van der Waals surface area (Å²) in [6.07, 6.45) is 16.4. The second-order valence-electron chi connectivity index (χ2n) is 13.4. The Bertz CT molecular complexity index is 816. The Balaban J connectivity index is 1.37. The molecule has 132 valence electrons. The zero-order chi connectivity index (χ0) is 16.0. The number of allylic oxidation sites excluding steroid dienone is 4. The third-order valence-corrected chi connectivity index (χ3v) is 13.9. The van der Waals surface area contributed by atoms with E-state index in [4.69, 9.17) is 0 Å². The summed E-state index contributed by atoms with van der Waals surface area (Å²) in [5, 5.41) is 0. The summed E-state index contributed by atoms with van der Waals surface area (Å²) in [6.45, 7) is 0. The molecule has 0 radical (unpaired) electrons. The highest BCUT2D eigenvalue weighted by atomic mass is 15.0. The van der Waals surface area contributed by atoms with Crippen molar-refractivity contribution >= 4 is 0 Å². The fourth-order valence-corrected chi connectivity index (χ4v) is 13.4. The lowest BCUT2D eigenvalue weighted by molar-refractivity contribution is 0.192. The smallest absolute Gasteiger partial charge is 0.00518 e. The molecular weight excluding hydrogens is 312 g/mol. The van der Waals surface area contributed by atoms with Crippen LogP contribution < -0.4 is 0 Å². The van der Waals surface area contributed by atoms with Crippen molar-refractivity contribution in [2.24, 2.45) is 69.0 Å². The lowest BCUT2D eigenvalue weighted by Crippen LogP contribution is -2.27. The summed E-state index contributed by atoms with van der Waals surface area (Å²) in [5.74, 6) is 8.90. The first-order chi connectivity index (χ1) is 12.8. The molecule has 8 bridgehead atoms. The second-order valence-corrected chi connectivity index (χ2v) is 13.4. The molecule has 14 saturated carbocycles. The molecule has 0 aromatic rings. The Morgan fingerprint density at radius 2 is 0.615 bits per heavy atom. The SMILES string of the molecule is C1C2CC1C13CC14/C(=C1/C5CC(C5)C15CC51/C(=C/23)C2CC1C2)C1CC4C1. The van der Waals surface area contributed by atoms with Gasteiger partial charge in [-0.1, -0.05) is 22.3 Å². The number of rotatable bonds is 0. The van der Waals surface area contributed by atoms with Crippen LogP contribution in [0.25, 0.3) is 0 Å². The molecule has 0 N–H and O–H groups in total. The van der Waals surface area contributed by atoms with Crippen LogP contribution >= 0.6 is 0 Å². The average Bonchev–Trinajstić information content (AvgIpc) is 2.84.